The van der Waals surface area contributed by atoms with E-state index in [1.54, 1.807) is 42.5 Å². The first-order valence-electron chi connectivity index (χ1n) is 9.74. The van der Waals surface area contributed by atoms with Crippen molar-refractivity contribution < 1.29 is 23.8 Å². The molecule has 30 heavy (non-hydrogen) atoms. The third-order valence-corrected chi connectivity index (χ3v) is 4.85. The van der Waals surface area contributed by atoms with Crippen LogP contribution in [-0.4, -0.2) is 60.4 Å². The van der Waals surface area contributed by atoms with Crippen LogP contribution in [0.4, 0.5) is 0 Å². The molecule has 0 bridgehead atoms. The topological polar surface area (TPSA) is 83.2 Å². The van der Waals surface area contributed by atoms with E-state index in [9.17, 15) is 14.7 Å². The van der Waals surface area contributed by atoms with E-state index in [2.05, 4.69) is 6.58 Å². The van der Waals surface area contributed by atoms with Crippen molar-refractivity contribution >= 4 is 17.4 Å². The zero-order valence-corrected chi connectivity index (χ0v) is 17.2. The Morgan fingerprint density at radius 1 is 1.27 bits per heavy atom. The van der Waals surface area contributed by atoms with Crippen LogP contribution in [0, 0.1) is 0 Å². The first-order chi connectivity index (χ1) is 14.4. The van der Waals surface area contributed by atoms with Crippen LogP contribution in [0.2, 0.25) is 0 Å². The van der Waals surface area contributed by atoms with E-state index in [1.807, 2.05) is 19.0 Å². The van der Waals surface area contributed by atoms with Crippen molar-refractivity contribution in [3.05, 3.63) is 72.2 Å². The fraction of sp³-hybridized carbons (Fsp3) is 0.304. The average molecular weight is 410 g/mol. The Bertz CT molecular complexity index is 929. The second kappa shape index (κ2) is 9.45. The van der Waals surface area contributed by atoms with Gasteiger partial charge in [-0.15, -0.1) is 0 Å². The lowest BCUT2D eigenvalue weighted by atomic mass is 9.99. The average Bonchev–Trinajstić information content (AvgIpc) is 3.34. The molecule has 1 saturated heterocycles. The molecule has 2 aromatic rings. The van der Waals surface area contributed by atoms with Gasteiger partial charge in [-0.3, -0.25) is 9.59 Å². The molecular weight excluding hydrogens is 384 g/mol. The van der Waals surface area contributed by atoms with Crippen LogP contribution in [0.15, 0.2) is 65.3 Å². The van der Waals surface area contributed by atoms with Crippen molar-refractivity contribution in [2.45, 2.75) is 12.5 Å². The monoisotopic (exact) mass is 410 g/mol. The summed E-state index contributed by atoms with van der Waals surface area (Å²) >= 11 is 0. The number of nitrogens with zero attached hydrogens (tertiary/aromatic N) is 2. The molecule has 3 rings (SSSR count). The summed E-state index contributed by atoms with van der Waals surface area (Å²) in [7, 11) is 3.89. The molecule has 1 aliphatic rings. The highest BCUT2D eigenvalue weighted by Crippen LogP contribution is 2.39. The van der Waals surface area contributed by atoms with Crippen molar-refractivity contribution in [3.8, 4) is 5.75 Å². The maximum Gasteiger partial charge on any atom is 0.295 e. The summed E-state index contributed by atoms with van der Waals surface area (Å²) < 4.78 is 11.0. The number of carbonyl (C=O) groups excluding carboxylic acids is 2. The van der Waals surface area contributed by atoms with Crippen LogP contribution in [0.5, 0.6) is 5.75 Å². The van der Waals surface area contributed by atoms with Gasteiger partial charge in [0.25, 0.3) is 11.7 Å². The number of aliphatic hydroxyl groups excluding tert-OH is 1. The number of ketones is 1. The van der Waals surface area contributed by atoms with Crippen molar-refractivity contribution in [1.29, 1.82) is 0 Å². The maximum absolute atomic E-state index is 12.8. The lowest BCUT2D eigenvalue weighted by Crippen LogP contribution is -2.32. The molecule has 0 radical (unpaired) electrons. The lowest BCUT2D eigenvalue weighted by molar-refractivity contribution is -0.140. The Balaban J connectivity index is 1.96. The summed E-state index contributed by atoms with van der Waals surface area (Å²) in [5.74, 6) is -0.543. The highest BCUT2D eigenvalue weighted by atomic mass is 16.5. The molecule has 1 aromatic carbocycles. The summed E-state index contributed by atoms with van der Waals surface area (Å²) in [6.45, 7) is 5.10. The predicted octanol–water partition coefficient (Wildman–Crippen LogP) is 3.22. The fourth-order valence-electron chi connectivity index (χ4n) is 3.43. The number of amides is 1. The molecule has 2 heterocycles. The second-order valence-electron chi connectivity index (χ2n) is 7.29. The third-order valence-electron chi connectivity index (χ3n) is 4.85. The van der Waals surface area contributed by atoms with Gasteiger partial charge in [0, 0.05) is 12.1 Å². The van der Waals surface area contributed by atoms with E-state index in [-0.39, 0.29) is 11.3 Å². The van der Waals surface area contributed by atoms with Gasteiger partial charge in [0.15, 0.2) is 0 Å². The minimum atomic E-state index is -0.765. The Kier molecular flexibility index (Phi) is 6.74. The first-order valence-corrected chi connectivity index (χ1v) is 9.74. The van der Waals surface area contributed by atoms with Gasteiger partial charge >= 0.3 is 0 Å². The Morgan fingerprint density at radius 3 is 2.60 bits per heavy atom. The highest BCUT2D eigenvalue weighted by molar-refractivity contribution is 6.46. The molecule has 1 aliphatic heterocycles. The second-order valence-corrected chi connectivity index (χ2v) is 7.29. The van der Waals surface area contributed by atoms with Crippen LogP contribution >= 0.6 is 0 Å². The minimum Gasteiger partial charge on any atom is -0.507 e. The van der Waals surface area contributed by atoms with Crippen LogP contribution < -0.4 is 4.74 Å². The van der Waals surface area contributed by atoms with E-state index < -0.39 is 17.7 Å². The summed E-state index contributed by atoms with van der Waals surface area (Å²) in [4.78, 5) is 29.1. The standard InChI is InChI=1S/C23H26N2O5/c1-4-14-29-17-10-8-16(9-11-17)21(26)19-20(18-7-5-15-30-18)25(23(28)22(19)27)13-6-12-24(2)3/h4-5,7-11,15,20,26H,1,6,12-14H2,2-3H3/b21-19+/t20-/m1/s1. The molecule has 7 heteroatoms. The maximum atomic E-state index is 12.8. The number of ether oxygens (including phenoxy) is 1. The minimum absolute atomic E-state index is 0.0274. The molecule has 1 N–H and O–H groups in total. The summed E-state index contributed by atoms with van der Waals surface area (Å²) in [5, 5.41) is 10.9. The highest BCUT2D eigenvalue weighted by Gasteiger charge is 2.47. The molecular formula is C23H26N2O5. The number of hydrogen-bond acceptors (Lipinski definition) is 6. The van der Waals surface area contributed by atoms with E-state index >= 15 is 0 Å². The molecule has 1 amide bonds. The molecule has 0 spiro atoms. The van der Waals surface area contributed by atoms with Gasteiger partial charge in [-0.1, -0.05) is 12.7 Å². The fourth-order valence-corrected chi connectivity index (χ4v) is 3.43. The molecule has 1 fully saturated rings. The van der Waals surface area contributed by atoms with E-state index in [0.29, 0.717) is 36.6 Å². The van der Waals surface area contributed by atoms with Crippen LogP contribution in [0.25, 0.3) is 5.76 Å². The first kappa shape index (κ1) is 21.4. The normalized spacial score (nSPS) is 18.2. The number of rotatable bonds is 9. The van der Waals surface area contributed by atoms with Crippen LogP contribution in [-0.2, 0) is 9.59 Å². The summed E-state index contributed by atoms with van der Waals surface area (Å²) in [5.41, 5.74) is 0.448. The summed E-state index contributed by atoms with van der Waals surface area (Å²) in [6, 6.07) is 9.30. The van der Waals surface area contributed by atoms with Gasteiger partial charge in [0.05, 0.1) is 11.8 Å². The third kappa shape index (κ3) is 4.46. The molecule has 7 nitrogen and oxygen atoms in total. The van der Waals surface area contributed by atoms with E-state index in [0.717, 1.165) is 6.54 Å². The summed E-state index contributed by atoms with van der Waals surface area (Å²) in [6.07, 6.45) is 3.81. The van der Waals surface area contributed by atoms with Crippen molar-refractivity contribution in [3.63, 3.8) is 0 Å². The number of hydrogen-bond donors (Lipinski definition) is 1. The predicted molar refractivity (Wildman–Crippen MR) is 113 cm³/mol. The zero-order chi connectivity index (χ0) is 21.7. The van der Waals surface area contributed by atoms with Gasteiger partial charge in [-0.2, -0.15) is 0 Å². The number of furan rings is 1. The van der Waals surface area contributed by atoms with Crippen LogP contribution in [0.3, 0.4) is 0 Å². The molecule has 158 valence electrons. The lowest BCUT2D eigenvalue weighted by Gasteiger charge is -2.24. The van der Waals surface area contributed by atoms with Gasteiger partial charge in [-0.05, 0) is 63.5 Å². The number of likely N-dealkylation sites (tertiary alicyclic amines) is 1. The largest absolute Gasteiger partial charge is 0.507 e. The van der Waals surface area contributed by atoms with Crippen molar-refractivity contribution in [2.75, 3.05) is 33.8 Å². The molecule has 1 aromatic heterocycles. The zero-order valence-electron chi connectivity index (χ0n) is 17.2. The van der Waals surface area contributed by atoms with Gasteiger partial charge in [0.2, 0.25) is 0 Å². The van der Waals surface area contributed by atoms with Crippen LogP contribution in [0.1, 0.15) is 23.8 Å². The molecule has 0 aliphatic carbocycles. The van der Waals surface area contributed by atoms with E-state index in [4.69, 9.17) is 9.15 Å². The van der Waals surface area contributed by atoms with Gasteiger partial charge in [-0.25, -0.2) is 0 Å². The van der Waals surface area contributed by atoms with Crippen molar-refractivity contribution in [1.82, 2.24) is 9.80 Å². The number of Topliss-reactive ketones (excluding diaryl/α,β-unsaturated/α-hetero) is 1. The quantitative estimate of drug-likeness (QED) is 0.296. The molecule has 0 saturated carbocycles. The Morgan fingerprint density at radius 2 is 2.00 bits per heavy atom. The number of aliphatic hydroxyl groups is 1. The number of benzene rings is 1. The van der Waals surface area contributed by atoms with Gasteiger partial charge in [0.1, 0.15) is 29.9 Å². The SMILES string of the molecule is C=CCOc1ccc(/C(O)=C2\C(=O)C(=O)N(CCCN(C)C)[C@@H]2c2ccco2)cc1. The Labute approximate surface area is 175 Å². The smallest absolute Gasteiger partial charge is 0.295 e. The van der Waals surface area contributed by atoms with E-state index in [1.165, 1.54) is 11.2 Å². The molecule has 0 unspecified atom stereocenters. The Hall–Kier alpha value is -3.32. The molecule has 1 atom stereocenters. The van der Waals surface area contributed by atoms with Gasteiger partial charge < -0.3 is 24.1 Å². The number of carbonyl (C=O) groups is 2. The van der Waals surface area contributed by atoms with Crippen molar-refractivity contribution in [2.24, 2.45) is 0 Å².